The third-order valence-corrected chi connectivity index (χ3v) is 4.38. The minimum Gasteiger partial charge on any atom is -0.372 e. The lowest BCUT2D eigenvalue weighted by Crippen LogP contribution is -2.38. The van der Waals surface area contributed by atoms with Crippen LogP contribution in [-0.2, 0) is 4.74 Å². The predicted octanol–water partition coefficient (Wildman–Crippen LogP) is 3.99. The van der Waals surface area contributed by atoms with Gasteiger partial charge in [0.2, 0.25) is 0 Å². The van der Waals surface area contributed by atoms with Gasteiger partial charge in [-0.05, 0) is 46.5 Å². The Hall–Kier alpha value is 0.0500. The Morgan fingerprint density at radius 1 is 1.38 bits per heavy atom. The molecule has 0 aromatic rings. The summed E-state index contributed by atoms with van der Waals surface area (Å²) in [4.78, 5) is 0. The molecule has 3 atom stereocenters. The van der Waals surface area contributed by atoms with E-state index in [9.17, 15) is 0 Å². The normalized spacial score (nSPS) is 39.4. The molecule has 0 N–H and O–H groups in total. The molecule has 0 amide bonds. The zero-order valence-corrected chi connectivity index (χ0v) is 11.8. The fraction of sp³-hybridized carbons (Fsp3) is 0.857. The Morgan fingerprint density at radius 3 is 2.69 bits per heavy atom. The van der Waals surface area contributed by atoms with Crippen molar-refractivity contribution >= 4 is 12.6 Å². The maximum Gasteiger partial charge on any atom is 0.0675 e. The van der Waals surface area contributed by atoms with E-state index in [1.165, 1.54) is 25.7 Å². The van der Waals surface area contributed by atoms with Gasteiger partial charge >= 0.3 is 0 Å². The Morgan fingerprint density at radius 2 is 2.06 bits per heavy atom. The molecule has 2 aliphatic carbocycles. The Balaban J connectivity index is 2.17. The summed E-state index contributed by atoms with van der Waals surface area (Å²) >= 11 is 4.58. The van der Waals surface area contributed by atoms with Crippen LogP contribution >= 0.6 is 12.6 Å². The van der Waals surface area contributed by atoms with Gasteiger partial charge in [0.05, 0.1) is 11.7 Å². The molecule has 2 heteroatoms. The van der Waals surface area contributed by atoms with Crippen molar-refractivity contribution in [3.63, 3.8) is 0 Å². The van der Waals surface area contributed by atoms with E-state index in [1.54, 1.807) is 5.57 Å². The van der Waals surface area contributed by atoms with Crippen molar-refractivity contribution < 1.29 is 4.74 Å². The number of ether oxygens (including phenoxy) is 1. The maximum absolute atomic E-state index is 6.24. The maximum atomic E-state index is 6.24. The van der Waals surface area contributed by atoms with Crippen LogP contribution in [0.15, 0.2) is 11.6 Å². The molecule has 0 aromatic carbocycles. The first kappa shape index (κ1) is 12.5. The highest BCUT2D eigenvalue weighted by Crippen LogP contribution is 2.51. The molecule has 92 valence electrons. The number of hydrogen-bond donors (Lipinski definition) is 1. The summed E-state index contributed by atoms with van der Waals surface area (Å²) in [6.07, 6.45) is 7.58. The Labute approximate surface area is 105 Å². The number of hydrogen-bond acceptors (Lipinski definition) is 2. The predicted molar refractivity (Wildman–Crippen MR) is 72.1 cm³/mol. The van der Waals surface area contributed by atoms with E-state index in [0.717, 1.165) is 0 Å². The molecule has 0 aliphatic heterocycles. The average molecular weight is 240 g/mol. The second kappa shape index (κ2) is 4.06. The second-order valence-corrected chi connectivity index (χ2v) is 7.14. The third-order valence-electron chi connectivity index (χ3n) is 3.97. The molecule has 0 bridgehead atoms. The summed E-state index contributed by atoms with van der Waals surface area (Å²) in [5.74, 6) is 0. The molecule has 1 fully saturated rings. The first-order valence-corrected chi connectivity index (χ1v) is 6.90. The molecule has 0 saturated heterocycles. The van der Waals surface area contributed by atoms with Crippen LogP contribution in [-0.4, -0.2) is 17.0 Å². The molecule has 0 radical (unpaired) electrons. The number of rotatable bonds is 1. The summed E-state index contributed by atoms with van der Waals surface area (Å²) in [6.45, 7) is 8.84. The van der Waals surface area contributed by atoms with E-state index in [-0.39, 0.29) is 11.0 Å². The van der Waals surface area contributed by atoms with Crippen LogP contribution in [0.3, 0.4) is 0 Å². The average Bonchev–Trinajstić information content (AvgIpc) is 2.43. The highest BCUT2D eigenvalue weighted by Gasteiger charge is 2.46. The summed E-state index contributed by atoms with van der Waals surface area (Å²) in [5.41, 5.74) is 1.85. The van der Waals surface area contributed by atoms with Crippen LogP contribution in [0.4, 0.5) is 0 Å². The van der Waals surface area contributed by atoms with Gasteiger partial charge in [-0.15, -0.1) is 0 Å². The molecular formula is C14H24OS. The molecule has 1 nitrogen and oxygen atoms in total. The second-order valence-electron chi connectivity index (χ2n) is 6.47. The van der Waals surface area contributed by atoms with Crippen LogP contribution in [0.25, 0.3) is 0 Å². The van der Waals surface area contributed by atoms with Gasteiger partial charge in [-0.2, -0.15) is 12.6 Å². The molecule has 0 heterocycles. The van der Waals surface area contributed by atoms with E-state index in [0.29, 0.717) is 11.4 Å². The Kier molecular flexibility index (Phi) is 3.17. The van der Waals surface area contributed by atoms with Crippen LogP contribution in [0.1, 0.15) is 53.4 Å². The SMILES string of the molecule is CC(C)(C)O[C@H]1CCC2=C[C@H](S)CC[C@@]21C. The largest absolute Gasteiger partial charge is 0.372 e. The van der Waals surface area contributed by atoms with Crippen molar-refractivity contribution in [2.45, 2.75) is 70.3 Å². The smallest absolute Gasteiger partial charge is 0.0675 e. The standard InChI is InChI=1S/C14H24OS/c1-13(2,3)15-12-6-5-10-9-11(16)7-8-14(10,12)4/h9,11-12,16H,5-8H2,1-4H3/t11-,12+,14+/m1/s1. The van der Waals surface area contributed by atoms with Crippen molar-refractivity contribution in [3.05, 3.63) is 11.6 Å². The van der Waals surface area contributed by atoms with Crippen molar-refractivity contribution in [1.82, 2.24) is 0 Å². The summed E-state index contributed by atoms with van der Waals surface area (Å²) in [5, 5.41) is 0.469. The van der Waals surface area contributed by atoms with Gasteiger partial charge in [0.15, 0.2) is 0 Å². The molecule has 2 rings (SSSR count). The van der Waals surface area contributed by atoms with Gasteiger partial charge in [0.1, 0.15) is 0 Å². The van der Waals surface area contributed by atoms with Crippen molar-refractivity contribution in [3.8, 4) is 0 Å². The molecule has 1 saturated carbocycles. The number of thiol groups is 1. The van der Waals surface area contributed by atoms with Gasteiger partial charge in [0.25, 0.3) is 0 Å². The first-order chi connectivity index (χ1) is 7.31. The molecular weight excluding hydrogens is 216 g/mol. The van der Waals surface area contributed by atoms with Crippen molar-refractivity contribution in [1.29, 1.82) is 0 Å². The van der Waals surface area contributed by atoms with Crippen molar-refractivity contribution in [2.75, 3.05) is 0 Å². The quantitative estimate of drug-likeness (QED) is 0.538. The summed E-state index contributed by atoms with van der Waals surface area (Å²) in [7, 11) is 0. The molecule has 16 heavy (non-hydrogen) atoms. The van der Waals surface area contributed by atoms with Gasteiger partial charge in [-0.25, -0.2) is 0 Å². The summed E-state index contributed by atoms with van der Waals surface area (Å²) < 4.78 is 6.24. The van der Waals surface area contributed by atoms with E-state index in [2.05, 4.69) is 46.4 Å². The minimum absolute atomic E-state index is 0.0268. The fourth-order valence-electron chi connectivity index (χ4n) is 3.07. The highest BCUT2D eigenvalue weighted by molar-refractivity contribution is 7.81. The molecule has 0 unspecified atom stereocenters. The van der Waals surface area contributed by atoms with Gasteiger partial charge in [0, 0.05) is 10.7 Å². The molecule has 0 aromatic heterocycles. The first-order valence-electron chi connectivity index (χ1n) is 6.38. The zero-order chi connectivity index (χ0) is 12.0. The van der Waals surface area contributed by atoms with Gasteiger partial charge in [-0.3, -0.25) is 0 Å². The van der Waals surface area contributed by atoms with Crippen molar-refractivity contribution in [2.24, 2.45) is 5.41 Å². The Bertz CT molecular complexity index is 302. The monoisotopic (exact) mass is 240 g/mol. The lowest BCUT2D eigenvalue weighted by Gasteiger charge is -2.39. The highest BCUT2D eigenvalue weighted by atomic mass is 32.1. The third kappa shape index (κ3) is 2.33. The zero-order valence-electron chi connectivity index (χ0n) is 10.9. The molecule has 0 spiro atoms. The van der Waals surface area contributed by atoms with Crippen LogP contribution < -0.4 is 0 Å². The van der Waals surface area contributed by atoms with Crippen LogP contribution in [0.5, 0.6) is 0 Å². The van der Waals surface area contributed by atoms with Gasteiger partial charge < -0.3 is 4.74 Å². The molecule has 2 aliphatic rings. The minimum atomic E-state index is -0.0268. The van der Waals surface area contributed by atoms with E-state index < -0.39 is 0 Å². The lowest BCUT2D eigenvalue weighted by atomic mass is 9.74. The summed E-state index contributed by atoms with van der Waals surface area (Å²) in [6, 6.07) is 0. The fourth-order valence-corrected chi connectivity index (χ4v) is 3.38. The topological polar surface area (TPSA) is 9.23 Å². The van der Waals surface area contributed by atoms with E-state index in [1.807, 2.05) is 0 Å². The number of fused-ring (bicyclic) bond motifs is 1. The van der Waals surface area contributed by atoms with E-state index in [4.69, 9.17) is 4.74 Å². The lowest BCUT2D eigenvalue weighted by molar-refractivity contribution is -0.0970. The van der Waals surface area contributed by atoms with Crippen LogP contribution in [0.2, 0.25) is 0 Å². The van der Waals surface area contributed by atoms with Gasteiger partial charge in [-0.1, -0.05) is 18.6 Å². The van der Waals surface area contributed by atoms with Crippen LogP contribution in [0, 0.1) is 5.41 Å². The van der Waals surface area contributed by atoms with E-state index >= 15 is 0 Å².